The van der Waals surface area contributed by atoms with Gasteiger partial charge in [-0.25, -0.2) is 4.98 Å². The van der Waals surface area contributed by atoms with E-state index in [2.05, 4.69) is 10.5 Å². The van der Waals surface area contributed by atoms with Crippen LogP contribution in [0.2, 0.25) is 0 Å². The normalized spacial score (nSPS) is 11.0. The molecule has 4 nitrogen and oxygen atoms in total. The van der Waals surface area contributed by atoms with Crippen molar-refractivity contribution in [3.05, 3.63) is 29.7 Å². The molecule has 1 heterocycles. The van der Waals surface area contributed by atoms with Crippen molar-refractivity contribution in [2.45, 2.75) is 13.5 Å². The third-order valence-corrected chi connectivity index (χ3v) is 2.01. The molecule has 2 rings (SSSR count). The lowest BCUT2D eigenvalue weighted by Gasteiger charge is -2.01. The number of aryl methyl sites for hydroxylation is 1. The molecule has 1 aromatic heterocycles. The number of hydroxylamine groups is 1. The second kappa shape index (κ2) is 3.77. The highest BCUT2D eigenvalue weighted by Crippen LogP contribution is 2.19. The van der Waals surface area contributed by atoms with Crippen LogP contribution >= 0.6 is 0 Å². The molecule has 1 aromatic carbocycles. The predicted octanol–water partition coefficient (Wildman–Crippen LogP) is 1.79. The van der Waals surface area contributed by atoms with Crippen molar-refractivity contribution in [2.24, 2.45) is 0 Å². The van der Waals surface area contributed by atoms with Gasteiger partial charge in [-0.05, 0) is 6.07 Å². The molecule has 0 amide bonds. The molecule has 74 valence electrons. The van der Waals surface area contributed by atoms with Gasteiger partial charge >= 0.3 is 0 Å². The number of oxazole rings is 1. The van der Waals surface area contributed by atoms with Gasteiger partial charge in [-0.3, -0.25) is 0 Å². The van der Waals surface area contributed by atoms with Gasteiger partial charge in [0, 0.05) is 19.0 Å². The highest BCUT2D eigenvalue weighted by molar-refractivity contribution is 5.76. The molecule has 0 aliphatic carbocycles. The smallest absolute Gasteiger partial charge is 0.192 e. The maximum atomic E-state index is 5.49. The van der Waals surface area contributed by atoms with E-state index >= 15 is 0 Å². The highest BCUT2D eigenvalue weighted by atomic mass is 16.6. The number of fused-ring (bicyclic) bond motifs is 1. The number of hydrogen-bond acceptors (Lipinski definition) is 4. The molecule has 0 bridgehead atoms. The molecule has 0 saturated heterocycles. The van der Waals surface area contributed by atoms with Crippen molar-refractivity contribution in [2.75, 3.05) is 7.11 Å². The molecule has 0 saturated carbocycles. The Balaban J connectivity index is 2.42. The van der Waals surface area contributed by atoms with Crippen molar-refractivity contribution in [1.29, 1.82) is 0 Å². The van der Waals surface area contributed by atoms with Crippen LogP contribution < -0.4 is 5.48 Å². The highest BCUT2D eigenvalue weighted by Gasteiger charge is 2.06. The Labute approximate surface area is 81.8 Å². The van der Waals surface area contributed by atoms with Crippen molar-refractivity contribution in [3.8, 4) is 0 Å². The molecule has 0 unspecified atom stereocenters. The quantitative estimate of drug-likeness (QED) is 0.753. The van der Waals surface area contributed by atoms with E-state index in [1.807, 2.05) is 25.1 Å². The lowest BCUT2D eigenvalue weighted by molar-refractivity contribution is 0.0868. The first kappa shape index (κ1) is 9.18. The molecule has 0 aliphatic heterocycles. The van der Waals surface area contributed by atoms with E-state index in [4.69, 9.17) is 9.25 Å². The summed E-state index contributed by atoms with van der Waals surface area (Å²) in [4.78, 5) is 9.04. The first-order valence-electron chi connectivity index (χ1n) is 4.42. The fraction of sp³-hybridized carbons (Fsp3) is 0.300. The van der Waals surface area contributed by atoms with E-state index in [0.29, 0.717) is 12.4 Å². The zero-order valence-electron chi connectivity index (χ0n) is 8.20. The van der Waals surface area contributed by atoms with Crippen LogP contribution in [0, 0.1) is 6.92 Å². The molecule has 4 heteroatoms. The molecular weight excluding hydrogens is 180 g/mol. The summed E-state index contributed by atoms with van der Waals surface area (Å²) >= 11 is 0. The van der Waals surface area contributed by atoms with E-state index in [1.165, 1.54) is 0 Å². The topological polar surface area (TPSA) is 47.3 Å². The second-order valence-corrected chi connectivity index (χ2v) is 3.02. The number of nitrogens with zero attached hydrogens (tertiary/aromatic N) is 1. The molecule has 2 aromatic rings. The summed E-state index contributed by atoms with van der Waals surface area (Å²) in [7, 11) is 1.59. The fourth-order valence-electron chi connectivity index (χ4n) is 1.41. The number of rotatable bonds is 3. The van der Waals surface area contributed by atoms with Gasteiger partial charge in [-0.1, -0.05) is 12.1 Å². The standard InChI is InChI=1S/C10H12N2O2/c1-7-12-9-5-3-4-8(6-11-13-2)10(9)14-7/h3-5,11H,6H2,1-2H3. The maximum Gasteiger partial charge on any atom is 0.192 e. The lowest BCUT2D eigenvalue weighted by atomic mass is 10.2. The average molecular weight is 192 g/mol. The van der Waals surface area contributed by atoms with Gasteiger partial charge in [0.1, 0.15) is 5.52 Å². The Morgan fingerprint density at radius 1 is 1.50 bits per heavy atom. The maximum absolute atomic E-state index is 5.49. The van der Waals surface area contributed by atoms with Gasteiger partial charge < -0.3 is 9.25 Å². The minimum atomic E-state index is 0.614. The molecule has 0 spiro atoms. The lowest BCUT2D eigenvalue weighted by Crippen LogP contribution is -2.10. The molecule has 14 heavy (non-hydrogen) atoms. The molecular formula is C10H12N2O2. The van der Waals surface area contributed by atoms with Crippen molar-refractivity contribution >= 4 is 11.1 Å². The van der Waals surface area contributed by atoms with Crippen LogP contribution in [0.1, 0.15) is 11.5 Å². The van der Waals surface area contributed by atoms with Gasteiger partial charge in [-0.2, -0.15) is 5.48 Å². The molecule has 0 fully saturated rings. The van der Waals surface area contributed by atoms with E-state index in [0.717, 1.165) is 16.7 Å². The average Bonchev–Trinajstić information content (AvgIpc) is 2.55. The summed E-state index contributed by atoms with van der Waals surface area (Å²) in [5.41, 5.74) is 5.54. The Morgan fingerprint density at radius 2 is 2.36 bits per heavy atom. The van der Waals surface area contributed by atoms with Crippen LogP contribution in [-0.2, 0) is 11.4 Å². The monoisotopic (exact) mass is 192 g/mol. The van der Waals surface area contributed by atoms with Crippen LogP contribution in [-0.4, -0.2) is 12.1 Å². The number of aromatic nitrogens is 1. The third kappa shape index (κ3) is 1.62. The SMILES string of the molecule is CONCc1cccc2nc(C)oc12. The molecule has 1 N–H and O–H groups in total. The van der Waals surface area contributed by atoms with Crippen LogP contribution in [0.5, 0.6) is 0 Å². The Morgan fingerprint density at radius 3 is 3.14 bits per heavy atom. The van der Waals surface area contributed by atoms with Gasteiger partial charge in [-0.15, -0.1) is 0 Å². The van der Waals surface area contributed by atoms with Crippen molar-refractivity contribution in [3.63, 3.8) is 0 Å². The Hall–Kier alpha value is -1.39. The second-order valence-electron chi connectivity index (χ2n) is 3.02. The summed E-state index contributed by atoms with van der Waals surface area (Å²) < 4.78 is 5.49. The predicted molar refractivity (Wildman–Crippen MR) is 52.6 cm³/mol. The molecule has 0 radical (unpaired) electrons. The third-order valence-electron chi connectivity index (χ3n) is 2.01. The van der Waals surface area contributed by atoms with Crippen LogP contribution in [0.4, 0.5) is 0 Å². The van der Waals surface area contributed by atoms with E-state index in [-0.39, 0.29) is 0 Å². The van der Waals surface area contributed by atoms with E-state index in [9.17, 15) is 0 Å². The van der Waals surface area contributed by atoms with Crippen LogP contribution in [0.25, 0.3) is 11.1 Å². The zero-order valence-corrected chi connectivity index (χ0v) is 8.20. The van der Waals surface area contributed by atoms with Crippen molar-refractivity contribution < 1.29 is 9.25 Å². The van der Waals surface area contributed by atoms with E-state index < -0.39 is 0 Å². The Kier molecular flexibility index (Phi) is 2.47. The summed E-state index contributed by atoms with van der Waals surface area (Å²) in [6, 6.07) is 5.87. The summed E-state index contributed by atoms with van der Waals surface area (Å²) in [5, 5.41) is 0. The number of para-hydroxylation sites is 1. The Bertz CT molecular complexity index is 437. The number of hydrogen-bond donors (Lipinski definition) is 1. The molecule has 0 atom stereocenters. The van der Waals surface area contributed by atoms with E-state index in [1.54, 1.807) is 7.11 Å². The summed E-state index contributed by atoms with van der Waals surface area (Å²) in [5.74, 6) is 0.685. The van der Waals surface area contributed by atoms with Gasteiger partial charge in [0.05, 0.1) is 7.11 Å². The van der Waals surface area contributed by atoms with Crippen LogP contribution in [0.3, 0.4) is 0 Å². The van der Waals surface area contributed by atoms with Gasteiger partial charge in [0.15, 0.2) is 11.5 Å². The zero-order chi connectivity index (χ0) is 9.97. The minimum Gasteiger partial charge on any atom is -0.441 e. The summed E-state index contributed by atoms with van der Waals surface area (Å²) in [6.45, 7) is 2.45. The molecule has 0 aliphatic rings. The summed E-state index contributed by atoms with van der Waals surface area (Å²) in [6.07, 6.45) is 0. The minimum absolute atomic E-state index is 0.614. The first-order chi connectivity index (χ1) is 6.81. The largest absolute Gasteiger partial charge is 0.441 e. The van der Waals surface area contributed by atoms with Crippen molar-refractivity contribution in [1.82, 2.24) is 10.5 Å². The van der Waals surface area contributed by atoms with Crippen LogP contribution in [0.15, 0.2) is 22.6 Å². The van der Waals surface area contributed by atoms with Gasteiger partial charge in [0.25, 0.3) is 0 Å². The number of nitrogens with one attached hydrogen (secondary N) is 1. The fourth-order valence-corrected chi connectivity index (χ4v) is 1.41. The first-order valence-corrected chi connectivity index (χ1v) is 4.42. The van der Waals surface area contributed by atoms with Gasteiger partial charge in [0.2, 0.25) is 0 Å². The number of benzene rings is 1.